The second-order valence-corrected chi connectivity index (χ2v) is 12.1. The van der Waals surface area contributed by atoms with Gasteiger partial charge in [-0.1, -0.05) is 32.9 Å². The predicted molar refractivity (Wildman–Crippen MR) is 155 cm³/mol. The van der Waals surface area contributed by atoms with Crippen LogP contribution in [-0.2, 0) is 16.9 Å². The van der Waals surface area contributed by atoms with Crippen LogP contribution >= 0.6 is 0 Å². The van der Waals surface area contributed by atoms with Gasteiger partial charge < -0.3 is 19.9 Å². The molecule has 2 aromatic heterocycles. The van der Waals surface area contributed by atoms with E-state index in [1.54, 1.807) is 12.1 Å². The normalized spacial score (nSPS) is 11.6. The molecule has 0 unspecified atom stereocenters. The molecule has 0 fully saturated rings. The summed E-state index contributed by atoms with van der Waals surface area (Å²) in [5.41, 5.74) is 4.13. The summed E-state index contributed by atoms with van der Waals surface area (Å²) in [7, 11) is -1.12. The number of benzene rings is 2. The summed E-state index contributed by atoms with van der Waals surface area (Å²) in [4.78, 5) is 21.4. The Morgan fingerprint density at radius 1 is 1.05 bits per heavy atom. The summed E-state index contributed by atoms with van der Waals surface area (Å²) < 4.78 is 31.7. The van der Waals surface area contributed by atoms with Crippen molar-refractivity contribution in [2.45, 2.75) is 39.5 Å². The van der Waals surface area contributed by atoms with Crippen molar-refractivity contribution in [1.29, 1.82) is 0 Å². The first kappa shape index (κ1) is 28.1. The van der Waals surface area contributed by atoms with Crippen LogP contribution in [0.1, 0.15) is 55.6 Å². The Labute approximate surface area is 229 Å². The van der Waals surface area contributed by atoms with Crippen LogP contribution in [0, 0.1) is 0 Å². The molecule has 2 heterocycles. The quantitative estimate of drug-likeness (QED) is 0.222. The average Bonchev–Trinajstić information content (AvgIpc) is 3.20. The predicted octanol–water partition coefficient (Wildman–Crippen LogP) is 5.57. The van der Waals surface area contributed by atoms with Gasteiger partial charge in [0.15, 0.2) is 0 Å². The Morgan fingerprint density at radius 2 is 1.85 bits per heavy atom. The van der Waals surface area contributed by atoms with Gasteiger partial charge in [0.05, 0.1) is 16.8 Å². The number of nitrogens with one attached hydrogen (secondary N) is 2. The van der Waals surface area contributed by atoms with E-state index in [4.69, 9.17) is 9.72 Å². The number of rotatable bonds is 12. The third kappa shape index (κ3) is 7.35. The molecule has 39 heavy (non-hydrogen) atoms. The van der Waals surface area contributed by atoms with Gasteiger partial charge in [-0.15, -0.1) is 0 Å². The van der Waals surface area contributed by atoms with Crippen LogP contribution in [0.3, 0.4) is 0 Å². The molecular formula is C29H35N5O4S. The zero-order valence-electron chi connectivity index (χ0n) is 22.8. The van der Waals surface area contributed by atoms with Crippen molar-refractivity contribution in [1.82, 2.24) is 19.9 Å². The van der Waals surface area contributed by atoms with E-state index in [0.717, 1.165) is 16.7 Å². The lowest BCUT2D eigenvalue weighted by Crippen LogP contribution is -2.27. The fourth-order valence-corrected chi connectivity index (χ4v) is 5.60. The van der Waals surface area contributed by atoms with E-state index in [1.165, 1.54) is 11.8 Å². The second kappa shape index (κ2) is 12.3. The smallest absolute Gasteiger partial charge is 0.270 e. The summed E-state index contributed by atoms with van der Waals surface area (Å²) in [6.45, 7) is 6.41. The van der Waals surface area contributed by atoms with Gasteiger partial charge in [-0.3, -0.25) is 9.78 Å². The molecule has 2 N–H and O–H groups in total. The molecule has 1 amide bonds. The van der Waals surface area contributed by atoms with Crippen LogP contribution in [0.2, 0.25) is 0 Å². The van der Waals surface area contributed by atoms with Crippen LogP contribution in [0.4, 0.5) is 11.6 Å². The number of hydrogen-bond donors (Lipinski definition) is 2. The fraction of sp³-hybridized carbons (Fsp3) is 0.345. The van der Waals surface area contributed by atoms with Crippen molar-refractivity contribution in [2.24, 2.45) is 7.05 Å². The van der Waals surface area contributed by atoms with Crippen LogP contribution in [0.15, 0.2) is 60.8 Å². The molecule has 0 saturated carbocycles. The van der Waals surface area contributed by atoms with Crippen molar-refractivity contribution in [3.05, 3.63) is 72.1 Å². The highest BCUT2D eigenvalue weighted by Gasteiger charge is 2.13. The Kier molecular flexibility index (Phi) is 8.86. The number of ether oxygens (including phenoxy) is 1. The monoisotopic (exact) mass is 549 g/mol. The van der Waals surface area contributed by atoms with Crippen LogP contribution in [0.25, 0.3) is 11.0 Å². The molecule has 206 valence electrons. The molecule has 0 aliphatic rings. The van der Waals surface area contributed by atoms with Crippen molar-refractivity contribution < 1.29 is 17.9 Å². The number of hydrogen-bond acceptors (Lipinski definition) is 7. The number of pyridine rings is 1. The third-order valence-corrected chi connectivity index (χ3v) is 8.24. The van der Waals surface area contributed by atoms with E-state index in [-0.39, 0.29) is 29.7 Å². The second-order valence-electron chi connectivity index (χ2n) is 9.79. The van der Waals surface area contributed by atoms with Gasteiger partial charge in [-0.2, -0.15) is 0 Å². The zero-order chi connectivity index (χ0) is 28.0. The van der Waals surface area contributed by atoms with Crippen LogP contribution in [0.5, 0.6) is 11.5 Å². The van der Waals surface area contributed by atoms with E-state index in [0.29, 0.717) is 36.2 Å². The molecule has 0 aliphatic carbocycles. The number of aryl methyl sites for hydroxylation is 1. The van der Waals surface area contributed by atoms with Gasteiger partial charge in [0.25, 0.3) is 5.91 Å². The summed E-state index contributed by atoms with van der Waals surface area (Å²) >= 11 is 0. The maximum atomic E-state index is 12.5. The Morgan fingerprint density at radius 3 is 2.62 bits per heavy atom. The molecule has 0 bridgehead atoms. The molecular weight excluding hydrogens is 514 g/mol. The summed E-state index contributed by atoms with van der Waals surface area (Å²) in [6, 6.07) is 17.2. The molecule has 0 saturated heterocycles. The lowest BCUT2D eigenvalue weighted by atomic mass is 10.0. The van der Waals surface area contributed by atoms with Crippen molar-refractivity contribution >= 4 is 38.4 Å². The van der Waals surface area contributed by atoms with Gasteiger partial charge in [0.2, 0.25) is 5.95 Å². The minimum Gasteiger partial charge on any atom is -0.457 e. The Balaban J connectivity index is 1.41. The van der Waals surface area contributed by atoms with E-state index >= 15 is 0 Å². The van der Waals surface area contributed by atoms with E-state index in [9.17, 15) is 13.2 Å². The number of carbonyl (C=O) groups excluding carboxylic acids is 1. The third-order valence-electron chi connectivity index (χ3n) is 6.29. The molecule has 9 nitrogen and oxygen atoms in total. The van der Waals surface area contributed by atoms with Crippen LogP contribution < -0.4 is 15.4 Å². The minimum atomic E-state index is -3.07. The largest absolute Gasteiger partial charge is 0.457 e. The molecule has 0 aliphatic heterocycles. The topological polar surface area (TPSA) is 115 Å². The number of aromatic nitrogens is 3. The Hall–Kier alpha value is -3.92. The maximum Gasteiger partial charge on any atom is 0.270 e. The number of nitrogens with zero attached hydrogens (tertiary/aromatic N) is 3. The minimum absolute atomic E-state index is 0.0509. The SMILES string of the molecule is CCCS(=O)(=O)CCCNC(=O)c1cc(Oc2ccc3c(c2)nc(Nc2cccc(C(C)C)c2)n3C)ccn1. The van der Waals surface area contributed by atoms with Crippen molar-refractivity contribution in [3.63, 3.8) is 0 Å². The van der Waals surface area contributed by atoms with E-state index in [2.05, 4.69) is 41.6 Å². The molecule has 4 rings (SSSR count). The number of amides is 1. The summed E-state index contributed by atoms with van der Waals surface area (Å²) in [5.74, 6) is 2.01. The fourth-order valence-electron chi connectivity index (χ4n) is 4.19. The highest BCUT2D eigenvalue weighted by Crippen LogP contribution is 2.29. The highest BCUT2D eigenvalue weighted by molar-refractivity contribution is 7.91. The van der Waals surface area contributed by atoms with E-state index < -0.39 is 9.84 Å². The maximum absolute atomic E-state index is 12.5. The molecule has 4 aromatic rings. The van der Waals surface area contributed by atoms with Gasteiger partial charge in [0.1, 0.15) is 27.0 Å². The van der Waals surface area contributed by atoms with Gasteiger partial charge in [-0.25, -0.2) is 13.4 Å². The summed E-state index contributed by atoms with van der Waals surface area (Å²) in [5, 5.41) is 6.13. The number of carbonyl (C=O) groups is 1. The Bertz CT molecular complexity index is 1560. The number of fused-ring (bicyclic) bond motifs is 1. The molecule has 0 atom stereocenters. The molecule has 0 radical (unpaired) electrons. The number of sulfone groups is 1. The van der Waals surface area contributed by atoms with E-state index in [1.807, 2.05) is 48.9 Å². The van der Waals surface area contributed by atoms with Crippen LogP contribution in [-0.4, -0.2) is 46.9 Å². The van der Waals surface area contributed by atoms with Gasteiger partial charge in [-0.05, 0) is 54.7 Å². The molecule has 2 aromatic carbocycles. The van der Waals surface area contributed by atoms with Gasteiger partial charge >= 0.3 is 0 Å². The first-order valence-electron chi connectivity index (χ1n) is 13.1. The number of imidazole rings is 1. The zero-order valence-corrected chi connectivity index (χ0v) is 23.6. The standard InChI is InChI=1S/C29H35N5O4S/c1-5-15-39(36,37)16-7-13-31-28(35)26-19-24(12-14-30-26)38-23-10-11-27-25(18-23)33-29(34(27)4)32-22-9-6-8-21(17-22)20(2)3/h6,8-12,14,17-20H,5,7,13,15-16H2,1-4H3,(H,31,35)(H,32,33). The lowest BCUT2D eigenvalue weighted by Gasteiger charge is -2.10. The van der Waals surface area contributed by atoms with Crippen molar-refractivity contribution in [2.75, 3.05) is 23.4 Å². The van der Waals surface area contributed by atoms with Crippen molar-refractivity contribution in [3.8, 4) is 11.5 Å². The van der Waals surface area contributed by atoms with Gasteiger partial charge in [0, 0.05) is 43.4 Å². The number of anilines is 2. The first-order valence-corrected chi connectivity index (χ1v) is 14.9. The molecule has 0 spiro atoms. The molecule has 10 heteroatoms. The average molecular weight is 550 g/mol. The summed E-state index contributed by atoms with van der Waals surface area (Å²) in [6.07, 6.45) is 2.44. The lowest BCUT2D eigenvalue weighted by molar-refractivity contribution is 0.0948. The first-order chi connectivity index (χ1) is 18.6. The highest BCUT2D eigenvalue weighted by atomic mass is 32.2.